The van der Waals surface area contributed by atoms with Crippen molar-refractivity contribution in [1.29, 1.82) is 0 Å². The number of amides is 1. The number of fused-ring (bicyclic) bond motifs is 2. The molecule has 2 fully saturated rings. The van der Waals surface area contributed by atoms with Crippen molar-refractivity contribution in [3.63, 3.8) is 0 Å². The van der Waals surface area contributed by atoms with E-state index in [2.05, 4.69) is 5.32 Å². The van der Waals surface area contributed by atoms with E-state index in [1.165, 1.54) is 6.42 Å². The first-order chi connectivity index (χ1) is 7.08. The summed E-state index contributed by atoms with van der Waals surface area (Å²) in [6.45, 7) is 1.92. The van der Waals surface area contributed by atoms with E-state index in [9.17, 15) is 4.79 Å². The van der Waals surface area contributed by atoms with Gasteiger partial charge in [0.2, 0.25) is 5.91 Å². The third kappa shape index (κ3) is 2.16. The highest BCUT2D eigenvalue weighted by atomic mass is 16.5. The van der Waals surface area contributed by atoms with Crippen LogP contribution in [-0.2, 0) is 9.53 Å². The maximum atomic E-state index is 11.7. The van der Waals surface area contributed by atoms with Gasteiger partial charge >= 0.3 is 0 Å². The average molecular weight is 212 g/mol. The minimum absolute atomic E-state index is 0.104. The summed E-state index contributed by atoms with van der Waals surface area (Å²) in [6.07, 6.45) is 4.18. The molecule has 1 amide bonds. The van der Waals surface area contributed by atoms with Crippen molar-refractivity contribution in [3.05, 3.63) is 0 Å². The number of likely N-dealkylation sites (N-methyl/N-ethyl adjacent to an activating group) is 1. The summed E-state index contributed by atoms with van der Waals surface area (Å²) in [4.78, 5) is 13.3. The number of carbonyl (C=O) groups is 1. The summed E-state index contributed by atoms with van der Waals surface area (Å²) in [5.74, 6) is 0.137. The van der Waals surface area contributed by atoms with E-state index in [0.29, 0.717) is 18.2 Å². The quantitative estimate of drug-likeness (QED) is 0.735. The molecule has 2 bridgehead atoms. The van der Waals surface area contributed by atoms with E-state index in [-0.39, 0.29) is 11.9 Å². The lowest BCUT2D eigenvalue weighted by atomic mass is 9.95. The standard InChI is InChI=1S/C11H20N2O2/c1-7(11(14)13(2)3)12-9-6-8-4-5-10(9)15-8/h7-10,12H,4-6H2,1-3H3. The number of hydrogen-bond acceptors (Lipinski definition) is 3. The zero-order valence-electron chi connectivity index (χ0n) is 9.69. The Morgan fingerprint density at radius 3 is 2.67 bits per heavy atom. The lowest BCUT2D eigenvalue weighted by molar-refractivity contribution is -0.130. The molecule has 0 radical (unpaired) electrons. The summed E-state index contributed by atoms with van der Waals surface area (Å²) in [6, 6.07) is 0.274. The Balaban J connectivity index is 1.84. The van der Waals surface area contributed by atoms with Gasteiger partial charge in [0.1, 0.15) is 0 Å². The molecule has 1 N–H and O–H groups in total. The average Bonchev–Trinajstić information content (AvgIpc) is 2.77. The van der Waals surface area contributed by atoms with Gasteiger partial charge in [-0.05, 0) is 26.2 Å². The Bertz CT molecular complexity index is 255. The van der Waals surface area contributed by atoms with Crippen LogP contribution in [0.3, 0.4) is 0 Å². The molecule has 0 aromatic carbocycles. The molecule has 2 aliphatic rings. The van der Waals surface area contributed by atoms with Crippen molar-refractivity contribution < 1.29 is 9.53 Å². The molecule has 15 heavy (non-hydrogen) atoms. The fourth-order valence-electron chi connectivity index (χ4n) is 2.59. The predicted octanol–water partition coefficient (Wildman–Crippen LogP) is 0.373. The Morgan fingerprint density at radius 2 is 2.20 bits per heavy atom. The van der Waals surface area contributed by atoms with Gasteiger partial charge in [0.15, 0.2) is 0 Å². The smallest absolute Gasteiger partial charge is 0.238 e. The summed E-state index contributed by atoms with van der Waals surface area (Å²) in [5.41, 5.74) is 0. The van der Waals surface area contributed by atoms with Crippen LogP contribution >= 0.6 is 0 Å². The number of rotatable bonds is 3. The van der Waals surface area contributed by atoms with Gasteiger partial charge < -0.3 is 15.0 Å². The van der Waals surface area contributed by atoms with Crippen LogP contribution in [0.2, 0.25) is 0 Å². The monoisotopic (exact) mass is 212 g/mol. The molecule has 0 saturated carbocycles. The Labute approximate surface area is 91.0 Å². The molecule has 4 nitrogen and oxygen atoms in total. The van der Waals surface area contributed by atoms with Crippen LogP contribution < -0.4 is 5.32 Å². The van der Waals surface area contributed by atoms with Crippen molar-refractivity contribution >= 4 is 5.91 Å². The Kier molecular flexibility index (Phi) is 2.98. The molecular formula is C11H20N2O2. The first kappa shape index (κ1) is 10.9. The second kappa shape index (κ2) is 4.10. The fourth-order valence-corrected chi connectivity index (χ4v) is 2.59. The minimum atomic E-state index is -0.104. The molecule has 2 saturated heterocycles. The molecule has 2 rings (SSSR count). The number of ether oxygens (including phenoxy) is 1. The SMILES string of the molecule is CC(NC1CC2CCC1O2)C(=O)N(C)C. The molecule has 4 unspecified atom stereocenters. The topological polar surface area (TPSA) is 41.6 Å². The number of carbonyl (C=O) groups excluding carboxylic acids is 1. The molecule has 0 aromatic rings. The van der Waals surface area contributed by atoms with Gasteiger partial charge in [-0.15, -0.1) is 0 Å². The van der Waals surface area contributed by atoms with Crippen molar-refractivity contribution in [1.82, 2.24) is 10.2 Å². The molecule has 4 heteroatoms. The van der Waals surface area contributed by atoms with Crippen molar-refractivity contribution in [3.8, 4) is 0 Å². The third-order valence-electron chi connectivity index (χ3n) is 3.38. The highest BCUT2D eigenvalue weighted by molar-refractivity contribution is 5.80. The van der Waals surface area contributed by atoms with Gasteiger partial charge in [0, 0.05) is 20.1 Å². The first-order valence-electron chi connectivity index (χ1n) is 5.70. The predicted molar refractivity (Wildman–Crippen MR) is 57.6 cm³/mol. The van der Waals surface area contributed by atoms with Gasteiger partial charge in [0.25, 0.3) is 0 Å². The highest BCUT2D eigenvalue weighted by Crippen LogP contribution is 2.34. The van der Waals surface area contributed by atoms with E-state index in [0.717, 1.165) is 12.8 Å². The first-order valence-corrected chi connectivity index (χ1v) is 5.70. The van der Waals surface area contributed by atoms with Crippen molar-refractivity contribution in [2.45, 2.75) is 50.5 Å². The summed E-state index contributed by atoms with van der Waals surface area (Å²) < 4.78 is 5.74. The van der Waals surface area contributed by atoms with Crippen LogP contribution in [0.15, 0.2) is 0 Å². The zero-order chi connectivity index (χ0) is 11.0. The van der Waals surface area contributed by atoms with Crippen LogP contribution in [-0.4, -0.2) is 49.2 Å². The van der Waals surface area contributed by atoms with Crippen molar-refractivity contribution in [2.24, 2.45) is 0 Å². The maximum absolute atomic E-state index is 11.7. The summed E-state index contributed by atoms with van der Waals surface area (Å²) >= 11 is 0. The molecule has 2 heterocycles. The molecule has 86 valence electrons. The molecular weight excluding hydrogens is 192 g/mol. The van der Waals surface area contributed by atoms with Crippen molar-refractivity contribution in [2.75, 3.05) is 14.1 Å². The maximum Gasteiger partial charge on any atom is 0.238 e. The van der Waals surface area contributed by atoms with Crippen LogP contribution in [0.5, 0.6) is 0 Å². The van der Waals surface area contributed by atoms with Gasteiger partial charge in [0.05, 0.1) is 18.2 Å². The summed E-state index contributed by atoms with van der Waals surface area (Å²) in [7, 11) is 3.58. The van der Waals surface area contributed by atoms with E-state index in [4.69, 9.17) is 4.74 Å². The normalized spacial score (nSPS) is 35.5. The number of nitrogens with zero attached hydrogens (tertiary/aromatic N) is 1. The van der Waals surface area contributed by atoms with E-state index in [1.54, 1.807) is 19.0 Å². The second-order valence-corrected chi connectivity index (χ2v) is 4.84. The van der Waals surface area contributed by atoms with Crippen LogP contribution in [0.25, 0.3) is 0 Å². The summed E-state index contributed by atoms with van der Waals surface area (Å²) in [5, 5.41) is 3.38. The number of nitrogens with one attached hydrogen (secondary N) is 1. The van der Waals surface area contributed by atoms with Gasteiger partial charge in [-0.2, -0.15) is 0 Å². The minimum Gasteiger partial charge on any atom is -0.373 e. The molecule has 4 atom stereocenters. The molecule has 0 aromatic heterocycles. The zero-order valence-corrected chi connectivity index (χ0v) is 9.69. The van der Waals surface area contributed by atoms with Crippen LogP contribution in [0.4, 0.5) is 0 Å². The number of hydrogen-bond donors (Lipinski definition) is 1. The van der Waals surface area contributed by atoms with E-state index in [1.807, 2.05) is 6.92 Å². The lowest BCUT2D eigenvalue weighted by Crippen LogP contribution is -2.49. The van der Waals surface area contributed by atoms with Gasteiger partial charge in [-0.3, -0.25) is 4.79 Å². The highest BCUT2D eigenvalue weighted by Gasteiger charge is 2.41. The van der Waals surface area contributed by atoms with Gasteiger partial charge in [-0.25, -0.2) is 0 Å². The second-order valence-electron chi connectivity index (χ2n) is 4.84. The van der Waals surface area contributed by atoms with Gasteiger partial charge in [-0.1, -0.05) is 0 Å². The van der Waals surface area contributed by atoms with Crippen LogP contribution in [0, 0.1) is 0 Å². The third-order valence-corrected chi connectivity index (χ3v) is 3.38. The fraction of sp³-hybridized carbons (Fsp3) is 0.909. The lowest BCUT2D eigenvalue weighted by Gasteiger charge is -2.25. The Hall–Kier alpha value is -0.610. The Morgan fingerprint density at radius 1 is 1.47 bits per heavy atom. The largest absolute Gasteiger partial charge is 0.373 e. The van der Waals surface area contributed by atoms with Crippen LogP contribution in [0.1, 0.15) is 26.2 Å². The molecule has 0 spiro atoms. The molecule has 2 aliphatic heterocycles. The molecule has 0 aliphatic carbocycles. The van der Waals surface area contributed by atoms with E-state index >= 15 is 0 Å². The van der Waals surface area contributed by atoms with E-state index < -0.39 is 0 Å².